The van der Waals surface area contributed by atoms with Gasteiger partial charge in [0.2, 0.25) is 0 Å². The van der Waals surface area contributed by atoms with Crippen molar-refractivity contribution < 1.29 is 18.3 Å². The highest BCUT2D eigenvalue weighted by atomic mass is 19.3. The molecule has 1 aliphatic carbocycles. The van der Waals surface area contributed by atoms with Gasteiger partial charge in [0.25, 0.3) is 5.92 Å². The summed E-state index contributed by atoms with van der Waals surface area (Å²) in [6.07, 6.45) is 1.88. The Bertz CT molecular complexity index is 316. The van der Waals surface area contributed by atoms with Crippen LogP contribution in [0.2, 0.25) is 0 Å². The number of ketones is 1. The van der Waals surface area contributed by atoms with Crippen molar-refractivity contribution >= 4 is 5.78 Å². The third kappa shape index (κ3) is 1.48. The highest BCUT2D eigenvalue weighted by molar-refractivity contribution is 6.00. The molecule has 1 fully saturated rings. The fourth-order valence-corrected chi connectivity index (χ4v) is 1.43. The number of rotatable bonds is 0. The quantitative estimate of drug-likeness (QED) is 0.576. The van der Waals surface area contributed by atoms with Crippen LogP contribution in [0, 0.1) is 0 Å². The summed E-state index contributed by atoms with van der Waals surface area (Å²) < 4.78 is 30.6. The van der Waals surface area contributed by atoms with Crippen molar-refractivity contribution in [3.05, 3.63) is 23.5 Å². The molecule has 0 atom stereocenters. The number of fused-ring (bicyclic) bond motifs is 1. The lowest BCUT2D eigenvalue weighted by molar-refractivity contribution is -0.118. The molecule has 4 heteroatoms. The number of Topliss-reactive ketones (excluding diaryl/α,β-unsaturated/α-hetero) is 1. The molecular weight excluding hydrogens is 178 g/mol. The van der Waals surface area contributed by atoms with Crippen molar-refractivity contribution in [3.63, 3.8) is 0 Å². The molecule has 1 heterocycles. The maximum Gasteiger partial charge on any atom is 0.273 e. The normalized spacial score (nSPS) is 25.5. The molecule has 0 aromatic carbocycles. The fraction of sp³-hybridized carbons (Fsp3) is 0.444. The SMILES string of the molecule is O=C1CCOC2=CC(F)(F)CC=C12. The minimum atomic E-state index is -2.86. The molecule has 0 amide bonds. The maximum atomic E-state index is 12.8. The van der Waals surface area contributed by atoms with Crippen molar-refractivity contribution in [2.75, 3.05) is 6.61 Å². The molecule has 1 aliphatic heterocycles. The minimum Gasteiger partial charge on any atom is -0.492 e. The Morgan fingerprint density at radius 2 is 2.23 bits per heavy atom. The molecule has 0 aromatic heterocycles. The summed E-state index contributed by atoms with van der Waals surface area (Å²) >= 11 is 0. The van der Waals surface area contributed by atoms with Crippen molar-refractivity contribution in [3.8, 4) is 0 Å². The topological polar surface area (TPSA) is 26.3 Å². The predicted octanol–water partition coefficient (Wildman–Crippen LogP) is 1.83. The molecule has 70 valence electrons. The van der Waals surface area contributed by atoms with E-state index < -0.39 is 12.3 Å². The summed E-state index contributed by atoms with van der Waals surface area (Å²) in [6.45, 7) is 0.206. The van der Waals surface area contributed by atoms with E-state index in [0.717, 1.165) is 6.08 Å². The van der Waals surface area contributed by atoms with E-state index in [-0.39, 0.29) is 24.6 Å². The van der Waals surface area contributed by atoms with Gasteiger partial charge < -0.3 is 4.74 Å². The lowest BCUT2D eigenvalue weighted by Gasteiger charge is -2.24. The van der Waals surface area contributed by atoms with Crippen LogP contribution in [0.15, 0.2) is 23.5 Å². The zero-order valence-electron chi connectivity index (χ0n) is 6.85. The molecule has 0 saturated carbocycles. The van der Waals surface area contributed by atoms with E-state index in [9.17, 15) is 13.6 Å². The summed E-state index contributed by atoms with van der Waals surface area (Å²) in [5.41, 5.74) is 0.317. The van der Waals surface area contributed by atoms with E-state index in [0.29, 0.717) is 5.57 Å². The first-order valence-electron chi connectivity index (χ1n) is 4.06. The van der Waals surface area contributed by atoms with Gasteiger partial charge >= 0.3 is 0 Å². The van der Waals surface area contributed by atoms with E-state index in [1.807, 2.05) is 0 Å². The number of alkyl halides is 2. The Kier molecular flexibility index (Phi) is 1.71. The standard InChI is InChI=1S/C9H8F2O2/c10-9(11)3-1-6-7(12)2-4-13-8(6)5-9/h1,5H,2-4H2. The number of carbonyl (C=O) groups is 1. The van der Waals surface area contributed by atoms with Gasteiger partial charge in [-0.05, 0) is 0 Å². The first kappa shape index (κ1) is 8.41. The summed E-state index contributed by atoms with van der Waals surface area (Å²) in [5, 5.41) is 0. The van der Waals surface area contributed by atoms with E-state index >= 15 is 0 Å². The van der Waals surface area contributed by atoms with Crippen LogP contribution in [-0.2, 0) is 9.53 Å². The Balaban J connectivity index is 2.33. The van der Waals surface area contributed by atoms with Crippen LogP contribution in [0.4, 0.5) is 8.78 Å². The van der Waals surface area contributed by atoms with Crippen LogP contribution < -0.4 is 0 Å². The smallest absolute Gasteiger partial charge is 0.273 e. The van der Waals surface area contributed by atoms with Gasteiger partial charge in [-0.25, -0.2) is 8.78 Å². The second kappa shape index (κ2) is 2.65. The van der Waals surface area contributed by atoms with Crippen LogP contribution >= 0.6 is 0 Å². The molecule has 0 bridgehead atoms. The van der Waals surface area contributed by atoms with Crippen LogP contribution in [0.5, 0.6) is 0 Å². The summed E-state index contributed by atoms with van der Waals surface area (Å²) in [6, 6.07) is 0. The molecule has 0 aromatic rings. The zero-order valence-corrected chi connectivity index (χ0v) is 6.85. The van der Waals surface area contributed by atoms with Gasteiger partial charge in [-0.15, -0.1) is 0 Å². The van der Waals surface area contributed by atoms with Crippen LogP contribution in [-0.4, -0.2) is 18.3 Å². The number of ether oxygens (including phenoxy) is 1. The monoisotopic (exact) mass is 186 g/mol. The summed E-state index contributed by atoms with van der Waals surface area (Å²) in [4.78, 5) is 11.2. The maximum absolute atomic E-state index is 12.8. The second-order valence-electron chi connectivity index (χ2n) is 3.11. The second-order valence-corrected chi connectivity index (χ2v) is 3.11. The van der Waals surface area contributed by atoms with Crippen molar-refractivity contribution in [2.45, 2.75) is 18.8 Å². The van der Waals surface area contributed by atoms with Crippen molar-refractivity contribution in [2.24, 2.45) is 0 Å². The van der Waals surface area contributed by atoms with Gasteiger partial charge in [0.15, 0.2) is 5.78 Å². The zero-order chi connectivity index (χ0) is 9.47. The Hall–Kier alpha value is -1.19. The van der Waals surface area contributed by atoms with E-state index in [4.69, 9.17) is 4.74 Å². The average Bonchev–Trinajstić information content (AvgIpc) is 2.02. The van der Waals surface area contributed by atoms with E-state index in [1.54, 1.807) is 0 Å². The van der Waals surface area contributed by atoms with E-state index in [2.05, 4.69) is 0 Å². The summed E-state index contributed by atoms with van der Waals surface area (Å²) in [7, 11) is 0. The Labute approximate surface area is 73.9 Å². The van der Waals surface area contributed by atoms with Gasteiger partial charge in [-0.2, -0.15) is 0 Å². The number of carbonyl (C=O) groups excluding carboxylic acids is 1. The van der Waals surface area contributed by atoms with Crippen molar-refractivity contribution in [1.82, 2.24) is 0 Å². The summed E-state index contributed by atoms with van der Waals surface area (Å²) in [5.74, 6) is -2.92. The Morgan fingerprint density at radius 3 is 3.00 bits per heavy atom. The number of hydrogen-bond acceptors (Lipinski definition) is 2. The molecule has 2 nitrogen and oxygen atoms in total. The molecule has 1 saturated heterocycles. The number of allylic oxidation sites excluding steroid dienone is 3. The van der Waals surface area contributed by atoms with Gasteiger partial charge in [0.05, 0.1) is 12.2 Å². The molecule has 2 rings (SSSR count). The van der Waals surface area contributed by atoms with Gasteiger partial charge in [0.1, 0.15) is 5.76 Å². The molecule has 0 unspecified atom stereocenters. The molecule has 0 radical (unpaired) electrons. The highest BCUT2D eigenvalue weighted by Gasteiger charge is 2.34. The van der Waals surface area contributed by atoms with Gasteiger partial charge in [-0.1, -0.05) is 6.08 Å². The largest absolute Gasteiger partial charge is 0.492 e. The third-order valence-electron chi connectivity index (χ3n) is 2.07. The minimum absolute atomic E-state index is 0.0486. The first-order chi connectivity index (χ1) is 6.08. The lowest BCUT2D eigenvalue weighted by atomic mass is 9.96. The van der Waals surface area contributed by atoms with E-state index in [1.165, 1.54) is 6.08 Å². The third-order valence-corrected chi connectivity index (χ3v) is 2.07. The highest BCUT2D eigenvalue weighted by Crippen LogP contribution is 2.33. The average molecular weight is 186 g/mol. The first-order valence-corrected chi connectivity index (χ1v) is 4.06. The molecular formula is C9H8F2O2. The van der Waals surface area contributed by atoms with Gasteiger partial charge in [0, 0.05) is 18.9 Å². The molecule has 2 aliphatic rings. The number of hydrogen-bond donors (Lipinski definition) is 0. The lowest BCUT2D eigenvalue weighted by Crippen LogP contribution is -2.25. The molecule has 0 spiro atoms. The molecule has 0 N–H and O–H groups in total. The van der Waals surface area contributed by atoms with Gasteiger partial charge in [-0.3, -0.25) is 4.79 Å². The predicted molar refractivity (Wildman–Crippen MR) is 41.3 cm³/mol. The molecule has 13 heavy (non-hydrogen) atoms. The van der Waals surface area contributed by atoms with Crippen LogP contribution in [0.25, 0.3) is 0 Å². The van der Waals surface area contributed by atoms with Crippen LogP contribution in [0.1, 0.15) is 12.8 Å². The fourth-order valence-electron chi connectivity index (χ4n) is 1.43. The number of halogens is 2. The Morgan fingerprint density at radius 1 is 1.46 bits per heavy atom. The van der Waals surface area contributed by atoms with Crippen LogP contribution in [0.3, 0.4) is 0 Å². The van der Waals surface area contributed by atoms with Crippen molar-refractivity contribution in [1.29, 1.82) is 0 Å².